The number of hydrogen-bond acceptors (Lipinski definition) is 3. The highest BCUT2D eigenvalue weighted by atomic mass is 16.5. The molecule has 1 fully saturated rings. The number of aryl methyl sites for hydroxylation is 1. The number of aliphatic hydroxyl groups is 1. The normalized spacial score (nSPS) is 16.4. The molecule has 20 heavy (non-hydrogen) atoms. The van der Waals surface area contributed by atoms with E-state index in [1.54, 1.807) is 7.11 Å². The fourth-order valence-electron chi connectivity index (χ4n) is 2.70. The number of nitrogens with zero attached hydrogens (tertiary/aromatic N) is 1. The van der Waals surface area contributed by atoms with E-state index in [4.69, 9.17) is 4.74 Å². The molecule has 112 valence electrons. The first-order valence-corrected chi connectivity index (χ1v) is 7.69. The number of ether oxygens (including phenoxy) is 1. The van der Waals surface area contributed by atoms with Crippen LogP contribution in [0.2, 0.25) is 0 Å². The van der Waals surface area contributed by atoms with Crippen molar-refractivity contribution in [3.63, 3.8) is 0 Å². The maximum Gasteiger partial charge on any atom is 0.124 e. The minimum Gasteiger partial charge on any atom is -0.496 e. The molecular weight excluding hydrogens is 250 g/mol. The van der Waals surface area contributed by atoms with Crippen molar-refractivity contribution in [1.82, 2.24) is 4.90 Å². The van der Waals surface area contributed by atoms with Gasteiger partial charge in [0.25, 0.3) is 0 Å². The minimum atomic E-state index is -0.477. The highest BCUT2D eigenvalue weighted by molar-refractivity contribution is 5.38. The number of aliphatic hydroxyl groups excluding tert-OH is 1. The Morgan fingerprint density at radius 2 is 2.15 bits per heavy atom. The van der Waals surface area contributed by atoms with Crippen LogP contribution in [0.3, 0.4) is 0 Å². The fourth-order valence-corrected chi connectivity index (χ4v) is 2.70. The van der Waals surface area contributed by atoms with Gasteiger partial charge in [-0.3, -0.25) is 0 Å². The molecule has 2 rings (SSSR count). The summed E-state index contributed by atoms with van der Waals surface area (Å²) in [5, 5.41) is 10.6. The summed E-state index contributed by atoms with van der Waals surface area (Å²) in [5.41, 5.74) is 2.06. The molecule has 1 saturated carbocycles. The summed E-state index contributed by atoms with van der Waals surface area (Å²) in [5.74, 6) is 1.64. The van der Waals surface area contributed by atoms with Gasteiger partial charge < -0.3 is 14.7 Å². The molecule has 1 aliphatic carbocycles. The SMILES string of the molecule is CCCN(CC1CC1)CC(O)c1cc(C)ccc1OC. The Bertz CT molecular complexity index is 429. The fraction of sp³-hybridized carbons (Fsp3) is 0.647. The minimum absolute atomic E-state index is 0.477. The smallest absolute Gasteiger partial charge is 0.124 e. The third kappa shape index (κ3) is 4.22. The van der Waals surface area contributed by atoms with Crippen LogP contribution in [-0.2, 0) is 0 Å². The number of rotatable bonds is 8. The third-order valence-corrected chi connectivity index (χ3v) is 3.93. The van der Waals surface area contributed by atoms with E-state index in [0.717, 1.165) is 42.3 Å². The molecule has 3 nitrogen and oxygen atoms in total. The van der Waals surface area contributed by atoms with Gasteiger partial charge in [-0.2, -0.15) is 0 Å². The molecule has 0 saturated heterocycles. The van der Waals surface area contributed by atoms with Crippen molar-refractivity contribution in [2.45, 2.75) is 39.2 Å². The first kappa shape index (κ1) is 15.3. The summed E-state index contributed by atoms with van der Waals surface area (Å²) in [7, 11) is 1.66. The lowest BCUT2D eigenvalue weighted by molar-refractivity contribution is 0.108. The van der Waals surface area contributed by atoms with Crippen LogP contribution in [0, 0.1) is 12.8 Å². The van der Waals surface area contributed by atoms with Gasteiger partial charge in [-0.15, -0.1) is 0 Å². The van der Waals surface area contributed by atoms with E-state index < -0.39 is 6.10 Å². The first-order valence-electron chi connectivity index (χ1n) is 7.69. The van der Waals surface area contributed by atoms with Crippen LogP contribution >= 0.6 is 0 Å². The third-order valence-electron chi connectivity index (χ3n) is 3.93. The molecule has 0 spiro atoms. The molecule has 1 unspecified atom stereocenters. The summed E-state index contributed by atoms with van der Waals surface area (Å²) in [4.78, 5) is 2.39. The summed E-state index contributed by atoms with van der Waals surface area (Å²) in [6.45, 7) is 7.12. The average molecular weight is 277 g/mol. The molecule has 3 heteroatoms. The lowest BCUT2D eigenvalue weighted by Crippen LogP contribution is -2.31. The quantitative estimate of drug-likeness (QED) is 0.792. The Hall–Kier alpha value is -1.06. The Morgan fingerprint density at radius 1 is 1.40 bits per heavy atom. The molecule has 0 aliphatic heterocycles. The van der Waals surface area contributed by atoms with Gasteiger partial charge >= 0.3 is 0 Å². The van der Waals surface area contributed by atoms with Gasteiger partial charge in [0.1, 0.15) is 5.75 Å². The van der Waals surface area contributed by atoms with Gasteiger partial charge in [-0.1, -0.05) is 18.6 Å². The highest BCUT2D eigenvalue weighted by Gasteiger charge is 2.25. The molecule has 1 N–H and O–H groups in total. The van der Waals surface area contributed by atoms with Gasteiger partial charge in [0, 0.05) is 18.7 Å². The summed E-state index contributed by atoms with van der Waals surface area (Å²) in [6, 6.07) is 5.99. The van der Waals surface area contributed by atoms with Crippen molar-refractivity contribution in [1.29, 1.82) is 0 Å². The molecular formula is C17H27NO2. The van der Waals surface area contributed by atoms with Crippen molar-refractivity contribution < 1.29 is 9.84 Å². The molecule has 0 radical (unpaired) electrons. The second-order valence-electron chi connectivity index (χ2n) is 5.96. The Labute approximate surface area is 122 Å². The lowest BCUT2D eigenvalue weighted by atomic mass is 10.0. The zero-order valence-electron chi connectivity index (χ0n) is 12.9. The molecule has 0 aromatic heterocycles. The Kier molecular flexibility index (Phi) is 5.44. The standard InChI is InChI=1S/C17H27NO2/c1-4-9-18(11-14-6-7-14)12-16(19)15-10-13(2)5-8-17(15)20-3/h5,8,10,14,16,19H,4,6-7,9,11-12H2,1-3H3. The number of hydrogen-bond donors (Lipinski definition) is 1. The predicted octanol–water partition coefficient (Wildman–Crippen LogP) is 3.16. The van der Waals surface area contributed by atoms with Crippen molar-refractivity contribution >= 4 is 0 Å². The Morgan fingerprint density at radius 3 is 2.75 bits per heavy atom. The van der Waals surface area contributed by atoms with Crippen LogP contribution in [0.1, 0.15) is 43.4 Å². The molecule has 0 bridgehead atoms. The molecule has 1 atom stereocenters. The van der Waals surface area contributed by atoms with E-state index in [1.165, 1.54) is 12.8 Å². The monoisotopic (exact) mass is 277 g/mol. The van der Waals surface area contributed by atoms with E-state index >= 15 is 0 Å². The second-order valence-corrected chi connectivity index (χ2v) is 5.96. The zero-order chi connectivity index (χ0) is 14.5. The van der Waals surface area contributed by atoms with Gasteiger partial charge in [0.2, 0.25) is 0 Å². The van der Waals surface area contributed by atoms with E-state index in [-0.39, 0.29) is 0 Å². The number of benzene rings is 1. The molecule has 1 aromatic carbocycles. The number of methoxy groups -OCH3 is 1. The van der Waals surface area contributed by atoms with E-state index in [0.29, 0.717) is 6.54 Å². The zero-order valence-corrected chi connectivity index (χ0v) is 12.9. The summed E-state index contributed by atoms with van der Waals surface area (Å²) in [6.07, 6.45) is 3.36. The summed E-state index contributed by atoms with van der Waals surface area (Å²) < 4.78 is 5.38. The maximum absolute atomic E-state index is 10.6. The van der Waals surface area contributed by atoms with Crippen molar-refractivity contribution in [3.8, 4) is 5.75 Å². The Balaban J connectivity index is 2.04. The topological polar surface area (TPSA) is 32.7 Å². The van der Waals surface area contributed by atoms with E-state index in [2.05, 4.69) is 11.8 Å². The van der Waals surface area contributed by atoms with E-state index in [9.17, 15) is 5.11 Å². The first-order chi connectivity index (χ1) is 9.63. The average Bonchev–Trinajstić information content (AvgIpc) is 3.22. The van der Waals surface area contributed by atoms with Gasteiger partial charge in [-0.05, 0) is 50.8 Å². The lowest BCUT2D eigenvalue weighted by Gasteiger charge is -2.25. The van der Waals surface area contributed by atoms with Crippen LogP contribution in [0.5, 0.6) is 5.75 Å². The molecule has 1 aliphatic rings. The van der Waals surface area contributed by atoms with Crippen LogP contribution < -0.4 is 4.74 Å². The van der Waals surface area contributed by atoms with Crippen LogP contribution in [0.25, 0.3) is 0 Å². The van der Waals surface area contributed by atoms with Gasteiger partial charge in [0.15, 0.2) is 0 Å². The van der Waals surface area contributed by atoms with Crippen LogP contribution in [0.15, 0.2) is 18.2 Å². The molecule has 0 heterocycles. The van der Waals surface area contributed by atoms with Crippen molar-refractivity contribution in [2.24, 2.45) is 5.92 Å². The van der Waals surface area contributed by atoms with Gasteiger partial charge in [0.05, 0.1) is 13.2 Å². The summed E-state index contributed by atoms with van der Waals surface area (Å²) >= 11 is 0. The van der Waals surface area contributed by atoms with E-state index in [1.807, 2.05) is 25.1 Å². The van der Waals surface area contributed by atoms with Crippen molar-refractivity contribution in [2.75, 3.05) is 26.7 Å². The largest absolute Gasteiger partial charge is 0.496 e. The second kappa shape index (κ2) is 7.09. The van der Waals surface area contributed by atoms with Gasteiger partial charge in [-0.25, -0.2) is 0 Å². The maximum atomic E-state index is 10.6. The molecule has 0 amide bonds. The van der Waals surface area contributed by atoms with Crippen LogP contribution in [-0.4, -0.2) is 36.8 Å². The molecule has 1 aromatic rings. The highest BCUT2D eigenvalue weighted by Crippen LogP contribution is 2.31. The van der Waals surface area contributed by atoms with Crippen molar-refractivity contribution in [3.05, 3.63) is 29.3 Å². The predicted molar refractivity (Wildman–Crippen MR) is 82.1 cm³/mol. The van der Waals surface area contributed by atoms with Crippen LogP contribution in [0.4, 0.5) is 0 Å².